The molecule has 2 heterocycles. The van der Waals surface area contributed by atoms with Crippen LogP contribution in [-0.4, -0.2) is 40.5 Å². The van der Waals surface area contributed by atoms with E-state index in [-0.39, 0.29) is 23.3 Å². The predicted octanol–water partition coefficient (Wildman–Crippen LogP) is 3.39. The second kappa shape index (κ2) is 9.02. The molecular formula is C23H25N3O3S. The van der Waals surface area contributed by atoms with E-state index in [2.05, 4.69) is 11.4 Å². The van der Waals surface area contributed by atoms with E-state index in [4.69, 9.17) is 9.72 Å². The first kappa shape index (κ1) is 20.6. The Morgan fingerprint density at radius 3 is 2.73 bits per heavy atom. The van der Waals surface area contributed by atoms with Gasteiger partial charge in [-0.15, -0.1) is 0 Å². The van der Waals surface area contributed by atoms with E-state index in [1.54, 1.807) is 10.6 Å². The lowest BCUT2D eigenvalue weighted by Gasteiger charge is -2.15. The maximum atomic E-state index is 13.3. The van der Waals surface area contributed by atoms with Gasteiger partial charge < -0.3 is 10.1 Å². The van der Waals surface area contributed by atoms with E-state index in [9.17, 15) is 9.59 Å². The number of rotatable bonds is 6. The molecule has 1 aromatic heterocycles. The number of benzene rings is 2. The third-order valence-electron chi connectivity index (χ3n) is 5.09. The van der Waals surface area contributed by atoms with Gasteiger partial charge in [0.2, 0.25) is 5.91 Å². The van der Waals surface area contributed by atoms with Crippen molar-refractivity contribution in [1.29, 1.82) is 0 Å². The Morgan fingerprint density at radius 2 is 2.00 bits per heavy atom. The summed E-state index contributed by atoms with van der Waals surface area (Å²) in [6.45, 7) is 5.29. The van der Waals surface area contributed by atoms with Crippen LogP contribution in [0.2, 0.25) is 0 Å². The van der Waals surface area contributed by atoms with Gasteiger partial charge in [-0.25, -0.2) is 4.98 Å². The highest BCUT2D eigenvalue weighted by atomic mass is 32.2. The fraction of sp³-hybridized carbons (Fsp3) is 0.348. The van der Waals surface area contributed by atoms with Crippen LogP contribution >= 0.6 is 11.8 Å². The molecule has 0 saturated carbocycles. The van der Waals surface area contributed by atoms with Crippen molar-refractivity contribution in [2.24, 2.45) is 0 Å². The second-order valence-corrected chi connectivity index (χ2v) is 8.57. The lowest BCUT2D eigenvalue weighted by molar-refractivity contribution is -0.119. The maximum absolute atomic E-state index is 13.3. The Bertz CT molecular complexity index is 1120. The van der Waals surface area contributed by atoms with Crippen LogP contribution in [0.25, 0.3) is 16.6 Å². The zero-order chi connectivity index (χ0) is 21.1. The van der Waals surface area contributed by atoms with Gasteiger partial charge in [-0.1, -0.05) is 30.0 Å². The lowest BCUT2D eigenvalue weighted by atomic mass is 10.1. The fourth-order valence-corrected chi connectivity index (χ4v) is 4.57. The number of carbonyl (C=O) groups excluding carboxylic acids is 1. The monoisotopic (exact) mass is 423 g/mol. The molecule has 0 aliphatic carbocycles. The highest BCUT2D eigenvalue weighted by Crippen LogP contribution is 2.22. The van der Waals surface area contributed by atoms with Crippen molar-refractivity contribution in [2.45, 2.75) is 37.9 Å². The van der Waals surface area contributed by atoms with E-state index >= 15 is 0 Å². The van der Waals surface area contributed by atoms with Gasteiger partial charge in [0.1, 0.15) is 0 Å². The summed E-state index contributed by atoms with van der Waals surface area (Å²) < 4.78 is 7.16. The van der Waals surface area contributed by atoms with Gasteiger partial charge in [-0.05, 0) is 62.1 Å². The molecule has 2 aromatic carbocycles. The van der Waals surface area contributed by atoms with Crippen LogP contribution in [0.1, 0.15) is 24.0 Å². The van der Waals surface area contributed by atoms with Crippen LogP contribution < -0.4 is 10.9 Å². The number of amides is 1. The Labute approximate surface area is 179 Å². The number of nitrogens with zero attached hydrogens (tertiary/aromatic N) is 2. The molecule has 1 N–H and O–H groups in total. The van der Waals surface area contributed by atoms with Gasteiger partial charge in [0.05, 0.1) is 28.4 Å². The zero-order valence-corrected chi connectivity index (χ0v) is 18.0. The standard InChI is InChI=1S/C23H25N3O3S/c1-15-10-16(2)12-17(11-15)26-22(28)19-7-3-4-8-20(19)25-23(26)30-14-21(27)24-13-18-6-5-9-29-18/h3-4,7-8,10-12,18H,5-6,9,13-14H2,1-2H3,(H,24,27)/t18-/m0/s1. The zero-order valence-electron chi connectivity index (χ0n) is 17.2. The predicted molar refractivity (Wildman–Crippen MR) is 120 cm³/mol. The highest BCUT2D eigenvalue weighted by Gasteiger charge is 2.18. The summed E-state index contributed by atoms with van der Waals surface area (Å²) in [4.78, 5) is 30.4. The molecule has 4 rings (SSSR count). The average Bonchev–Trinajstić information content (AvgIpc) is 3.24. The molecule has 30 heavy (non-hydrogen) atoms. The van der Waals surface area contributed by atoms with Crippen molar-refractivity contribution in [3.63, 3.8) is 0 Å². The number of aromatic nitrogens is 2. The number of hydrogen-bond acceptors (Lipinski definition) is 5. The van der Waals surface area contributed by atoms with Crippen molar-refractivity contribution >= 4 is 28.6 Å². The fourth-order valence-electron chi connectivity index (χ4n) is 3.73. The van der Waals surface area contributed by atoms with Crippen LogP contribution in [-0.2, 0) is 9.53 Å². The number of thioether (sulfide) groups is 1. The first-order valence-electron chi connectivity index (χ1n) is 10.1. The largest absolute Gasteiger partial charge is 0.376 e. The molecule has 7 heteroatoms. The summed E-state index contributed by atoms with van der Waals surface area (Å²) in [5, 5.41) is 3.99. The molecule has 1 atom stereocenters. The summed E-state index contributed by atoms with van der Waals surface area (Å²) in [5.74, 6) is 0.0901. The normalized spacial score (nSPS) is 16.1. The molecule has 1 fully saturated rings. The number of fused-ring (bicyclic) bond motifs is 1. The molecule has 0 radical (unpaired) electrons. The van der Waals surface area contributed by atoms with Gasteiger partial charge >= 0.3 is 0 Å². The number of hydrogen-bond donors (Lipinski definition) is 1. The molecule has 0 bridgehead atoms. The molecule has 1 amide bonds. The number of ether oxygens (including phenoxy) is 1. The quantitative estimate of drug-likeness (QED) is 0.486. The van der Waals surface area contributed by atoms with Crippen LogP contribution in [0, 0.1) is 13.8 Å². The number of carbonyl (C=O) groups is 1. The topological polar surface area (TPSA) is 73.2 Å². The second-order valence-electron chi connectivity index (χ2n) is 7.63. The van der Waals surface area contributed by atoms with Gasteiger partial charge in [0.25, 0.3) is 5.56 Å². The minimum Gasteiger partial charge on any atom is -0.376 e. The van der Waals surface area contributed by atoms with E-state index in [0.717, 1.165) is 36.3 Å². The molecular weight excluding hydrogens is 398 g/mol. The van der Waals surface area contributed by atoms with Crippen LogP contribution in [0.3, 0.4) is 0 Å². The summed E-state index contributed by atoms with van der Waals surface area (Å²) in [5.41, 5.74) is 3.39. The third kappa shape index (κ3) is 4.57. The molecule has 1 saturated heterocycles. The van der Waals surface area contributed by atoms with Crippen LogP contribution in [0.4, 0.5) is 0 Å². The third-order valence-corrected chi connectivity index (χ3v) is 6.03. The molecule has 1 aliphatic rings. The molecule has 0 unspecified atom stereocenters. The number of nitrogens with one attached hydrogen (secondary N) is 1. The number of para-hydroxylation sites is 1. The Kier molecular flexibility index (Phi) is 6.20. The maximum Gasteiger partial charge on any atom is 0.266 e. The Hall–Kier alpha value is -2.64. The Morgan fingerprint density at radius 1 is 1.23 bits per heavy atom. The summed E-state index contributed by atoms with van der Waals surface area (Å²) in [7, 11) is 0. The molecule has 1 aliphatic heterocycles. The van der Waals surface area contributed by atoms with Crippen molar-refractivity contribution in [3.8, 4) is 5.69 Å². The molecule has 3 aromatic rings. The SMILES string of the molecule is Cc1cc(C)cc(-n2c(SCC(=O)NC[C@@H]3CCCO3)nc3ccccc3c2=O)c1. The van der Waals surface area contributed by atoms with E-state index in [0.29, 0.717) is 22.6 Å². The number of aryl methyl sites for hydroxylation is 2. The molecule has 156 valence electrons. The summed E-state index contributed by atoms with van der Waals surface area (Å²) in [6.07, 6.45) is 2.12. The van der Waals surface area contributed by atoms with E-state index in [1.165, 1.54) is 11.8 Å². The summed E-state index contributed by atoms with van der Waals surface area (Å²) >= 11 is 1.27. The first-order chi connectivity index (χ1) is 14.5. The van der Waals surface area contributed by atoms with Crippen molar-refractivity contribution in [2.75, 3.05) is 18.9 Å². The lowest BCUT2D eigenvalue weighted by Crippen LogP contribution is -2.33. The minimum atomic E-state index is -0.132. The van der Waals surface area contributed by atoms with Crippen molar-refractivity contribution in [1.82, 2.24) is 14.9 Å². The van der Waals surface area contributed by atoms with Gasteiger partial charge in [-0.2, -0.15) is 0 Å². The van der Waals surface area contributed by atoms with E-state index < -0.39 is 0 Å². The highest BCUT2D eigenvalue weighted by molar-refractivity contribution is 7.99. The Balaban J connectivity index is 1.64. The van der Waals surface area contributed by atoms with Crippen molar-refractivity contribution < 1.29 is 9.53 Å². The average molecular weight is 424 g/mol. The van der Waals surface area contributed by atoms with E-state index in [1.807, 2.05) is 44.2 Å². The van der Waals surface area contributed by atoms with Gasteiger partial charge in [0, 0.05) is 13.2 Å². The summed E-state index contributed by atoms with van der Waals surface area (Å²) in [6, 6.07) is 13.3. The van der Waals surface area contributed by atoms with Gasteiger partial charge in [-0.3, -0.25) is 14.2 Å². The van der Waals surface area contributed by atoms with Gasteiger partial charge in [0.15, 0.2) is 5.16 Å². The smallest absolute Gasteiger partial charge is 0.266 e. The molecule has 6 nitrogen and oxygen atoms in total. The first-order valence-corrected chi connectivity index (χ1v) is 11.1. The van der Waals surface area contributed by atoms with Crippen LogP contribution in [0.15, 0.2) is 52.4 Å². The van der Waals surface area contributed by atoms with Crippen molar-refractivity contribution in [3.05, 3.63) is 63.9 Å². The minimum absolute atomic E-state index is 0.0927. The molecule has 0 spiro atoms. The van der Waals surface area contributed by atoms with Crippen LogP contribution in [0.5, 0.6) is 0 Å².